The monoisotopic (exact) mass is 271 g/mol. The Morgan fingerprint density at radius 1 is 0.714 bits per heavy atom. The van der Waals surface area contributed by atoms with E-state index in [0.29, 0.717) is 0 Å². The molecule has 4 rings (SSSR count). The molecule has 3 aromatic carbocycles. The van der Waals surface area contributed by atoms with Crippen LogP contribution in [0.15, 0.2) is 77.2 Å². The Hall–Kier alpha value is -2.67. The van der Waals surface area contributed by atoms with Crippen LogP contribution in [0.4, 0.5) is 0 Å². The summed E-state index contributed by atoms with van der Waals surface area (Å²) in [6.45, 7) is 2.13. The third kappa shape index (κ3) is 2.07. The van der Waals surface area contributed by atoms with Crippen molar-refractivity contribution in [2.75, 3.05) is 0 Å². The minimum Gasteiger partial charge on any atom is -0.207 e. The maximum Gasteiger partial charge on any atom is 0.361 e. The summed E-state index contributed by atoms with van der Waals surface area (Å²) in [7, 11) is 0. The molecule has 0 bridgehead atoms. The van der Waals surface area contributed by atoms with Crippen LogP contribution in [-0.4, -0.2) is 0 Å². The molecule has 21 heavy (non-hydrogen) atoms. The van der Waals surface area contributed by atoms with Crippen molar-refractivity contribution in [1.29, 1.82) is 0 Å². The fourth-order valence-electron chi connectivity index (χ4n) is 2.79. The quantitative estimate of drug-likeness (QED) is 0.396. The zero-order valence-electron chi connectivity index (χ0n) is 11.8. The molecule has 1 heterocycles. The topological polar surface area (TPSA) is 11.3 Å². The smallest absolute Gasteiger partial charge is 0.207 e. The molecule has 0 aliphatic rings. The molecule has 0 spiro atoms. The minimum absolute atomic E-state index is 0.914. The molecule has 0 aliphatic heterocycles. The van der Waals surface area contributed by atoms with Crippen molar-refractivity contribution < 1.29 is 4.42 Å². The predicted molar refractivity (Wildman–Crippen MR) is 88.3 cm³/mol. The van der Waals surface area contributed by atoms with Crippen LogP contribution in [0.25, 0.3) is 33.1 Å². The first kappa shape index (κ1) is 12.1. The number of hydrogen-bond acceptors (Lipinski definition) is 0. The molecule has 0 N–H and O–H groups in total. The number of hydrogen-bond donors (Lipinski definition) is 0. The van der Waals surface area contributed by atoms with E-state index in [0.717, 1.165) is 16.9 Å². The fraction of sp³-hybridized carbons (Fsp3) is 0.0500. The Labute approximate surface area is 123 Å². The Kier molecular flexibility index (Phi) is 2.71. The summed E-state index contributed by atoms with van der Waals surface area (Å²) < 4.78 is 6.08. The number of fused-ring (bicyclic) bond motifs is 2. The van der Waals surface area contributed by atoms with E-state index in [1.807, 2.05) is 18.2 Å². The van der Waals surface area contributed by atoms with Gasteiger partial charge in [-0.15, -0.1) is 0 Å². The lowest BCUT2D eigenvalue weighted by atomic mass is 10.0. The highest BCUT2D eigenvalue weighted by Gasteiger charge is 2.16. The highest BCUT2D eigenvalue weighted by atomic mass is 16.3. The average molecular weight is 271 g/mol. The molecule has 0 saturated carbocycles. The molecule has 4 aromatic rings. The van der Waals surface area contributed by atoms with Gasteiger partial charge in [-0.3, -0.25) is 0 Å². The highest BCUT2D eigenvalue weighted by Crippen LogP contribution is 2.29. The first-order chi connectivity index (χ1) is 10.3. The summed E-state index contributed by atoms with van der Waals surface area (Å²) >= 11 is 0. The molecular weight excluding hydrogens is 256 g/mol. The second-order valence-electron chi connectivity index (χ2n) is 5.35. The average Bonchev–Trinajstić information content (AvgIpc) is 2.54. The zero-order chi connectivity index (χ0) is 14.2. The molecule has 0 unspecified atom stereocenters. The summed E-state index contributed by atoms with van der Waals surface area (Å²) in [5.41, 5.74) is 3.28. The summed E-state index contributed by atoms with van der Waals surface area (Å²) in [6.07, 6.45) is 0. The van der Waals surface area contributed by atoms with Crippen molar-refractivity contribution in [3.8, 4) is 11.3 Å². The first-order valence-electron chi connectivity index (χ1n) is 7.13. The number of benzene rings is 3. The van der Waals surface area contributed by atoms with E-state index in [1.165, 1.54) is 21.7 Å². The maximum absolute atomic E-state index is 6.08. The summed E-state index contributed by atoms with van der Waals surface area (Å²) in [5.74, 6) is 0.914. The van der Waals surface area contributed by atoms with Gasteiger partial charge in [-0.1, -0.05) is 42.5 Å². The molecule has 100 valence electrons. The molecule has 1 aromatic heterocycles. The van der Waals surface area contributed by atoms with Gasteiger partial charge in [-0.05, 0) is 41.5 Å². The summed E-state index contributed by atoms with van der Waals surface area (Å²) in [5, 5.41) is 3.65. The molecule has 0 amide bonds. The van der Waals surface area contributed by atoms with E-state index in [-0.39, 0.29) is 0 Å². The molecule has 0 radical (unpaired) electrons. The van der Waals surface area contributed by atoms with Crippen molar-refractivity contribution in [1.82, 2.24) is 0 Å². The lowest BCUT2D eigenvalue weighted by Crippen LogP contribution is -1.84. The van der Waals surface area contributed by atoms with Crippen LogP contribution in [0.1, 0.15) is 5.56 Å². The molecule has 0 aliphatic carbocycles. The Morgan fingerprint density at radius 2 is 1.48 bits per heavy atom. The molecular formula is C20H15O+. The lowest BCUT2D eigenvalue weighted by molar-refractivity contribution is 0.619. The van der Waals surface area contributed by atoms with Crippen molar-refractivity contribution in [2.45, 2.75) is 6.92 Å². The second kappa shape index (κ2) is 4.71. The molecule has 0 atom stereocenters. The van der Waals surface area contributed by atoms with Gasteiger partial charge < -0.3 is 0 Å². The van der Waals surface area contributed by atoms with E-state index in [1.54, 1.807) is 0 Å². The van der Waals surface area contributed by atoms with E-state index in [4.69, 9.17) is 4.42 Å². The zero-order valence-corrected chi connectivity index (χ0v) is 11.8. The highest BCUT2D eigenvalue weighted by molar-refractivity contribution is 5.88. The van der Waals surface area contributed by atoms with Crippen LogP contribution in [0, 0.1) is 6.92 Å². The number of aryl methyl sites for hydroxylation is 1. The van der Waals surface area contributed by atoms with Crippen LogP contribution >= 0.6 is 0 Å². The lowest BCUT2D eigenvalue weighted by Gasteiger charge is -2.00. The van der Waals surface area contributed by atoms with Crippen LogP contribution in [-0.2, 0) is 0 Å². The van der Waals surface area contributed by atoms with Crippen LogP contribution in [0.2, 0.25) is 0 Å². The molecule has 1 heteroatoms. The first-order valence-corrected chi connectivity index (χ1v) is 7.13. The largest absolute Gasteiger partial charge is 0.361 e. The van der Waals surface area contributed by atoms with Crippen molar-refractivity contribution >= 4 is 21.7 Å². The minimum atomic E-state index is 0.914. The number of para-hydroxylation sites is 1. The maximum atomic E-state index is 6.08. The second-order valence-corrected chi connectivity index (χ2v) is 5.35. The molecule has 1 nitrogen and oxygen atoms in total. The standard InChI is InChI=1S/C20H15O/c1-14-12-20(21-19-9-5-4-8-18(14)19)17-11-10-15-6-2-3-7-16(15)13-17/h2-13H,1H3/q+1. The van der Waals surface area contributed by atoms with Crippen molar-refractivity contribution in [3.63, 3.8) is 0 Å². The SMILES string of the molecule is Cc1cc(-c2ccc3ccccc3c2)[o+]c2ccccc12. The predicted octanol–water partition coefficient (Wildman–Crippen LogP) is 5.84. The van der Waals surface area contributed by atoms with E-state index < -0.39 is 0 Å². The fourth-order valence-corrected chi connectivity index (χ4v) is 2.79. The van der Waals surface area contributed by atoms with E-state index >= 15 is 0 Å². The van der Waals surface area contributed by atoms with Gasteiger partial charge >= 0.3 is 11.3 Å². The molecule has 0 fully saturated rings. The van der Waals surface area contributed by atoms with Crippen LogP contribution in [0.5, 0.6) is 0 Å². The summed E-state index contributed by atoms with van der Waals surface area (Å²) in [6, 6.07) is 25.1. The van der Waals surface area contributed by atoms with Gasteiger partial charge in [0.1, 0.15) is 0 Å². The third-order valence-electron chi connectivity index (χ3n) is 3.91. The van der Waals surface area contributed by atoms with Crippen molar-refractivity contribution in [3.05, 3.63) is 78.4 Å². The number of rotatable bonds is 1. The van der Waals surface area contributed by atoms with Gasteiger partial charge in [0, 0.05) is 12.1 Å². The normalized spacial score (nSPS) is 11.1. The van der Waals surface area contributed by atoms with Gasteiger partial charge in [0.05, 0.1) is 10.9 Å². The Morgan fingerprint density at radius 3 is 2.38 bits per heavy atom. The van der Waals surface area contributed by atoms with Gasteiger partial charge in [-0.25, -0.2) is 4.42 Å². The van der Waals surface area contributed by atoms with E-state index in [2.05, 4.69) is 61.5 Å². The molecule has 0 saturated heterocycles. The third-order valence-corrected chi connectivity index (χ3v) is 3.91. The van der Waals surface area contributed by atoms with Gasteiger partial charge in [-0.2, -0.15) is 0 Å². The van der Waals surface area contributed by atoms with Crippen LogP contribution < -0.4 is 0 Å². The van der Waals surface area contributed by atoms with E-state index in [9.17, 15) is 0 Å². The van der Waals surface area contributed by atoms with Crippen LogP contribution in [0.3, 0.4) is 0 Å². The summed E-state index contributed by atoms with van der Waals surface area (Å²) in [4.78, 5) is 0. The van der Waals surface area contributed by atoms with Crippen molar-refractivity contribution in [2.24, 2.45) is 0 Å². The van der Waals surface area contributed by atoms with Gasteiger partial charge in [0.15, 0.2) is 0 Å². The Balaban J connectivity index is 1.95. The van der Waals surface area contributed by atoms with Gasteiger partial charge in [0.25, 0.3) is 0 Å². The van der Waals surface area contributed by atoms with Gasteiger partial charge in [0.2, 0.25) is 0 Å². The Bertz CT molecular complexity index is 954.